The van der Waals surface area contributed by atoms with E-state index in [-0.39, 0.29) is 12.0 Å². The summed E-state index contributed by atoms with van der Waals surface area (Å²) in [6, 6.07) is 4.32. The molecule has 2 heterocycles. The van der Waals surface area contributed by atoms with Crippen LogP contribution in [0.4, 0.5) is 0 Å². The van der Waals surface area contributed by atoms with Crippen LogP contribution in [0.1, 0.15) is 30.5 Å². The van der Waals surface area contributed by atoms with Crippen LogP contribution in [0.2, 0.25) is 0 Å². The largest absolute Gasteiger partial charge is 0.493 e. The van der Waals surface area contributed by atoms with Crippen molar-refractivity contribution in [3.8, 4) is 11.5 Å². The Morgan fingerprint density at radius 1 is 1.10 bits per heavy atom. The van der Waals surface area contributed by atoms with E-state index in [0.29, 0.717) is 12.2 Å². The average Bonchev–Trinajstić information content (AvgIpc) is 2.48. The summed E-state index contributed by atoms with van der Waals surface area (Å²) in [7, 11) is 3.31. The Morgan fingerprint density at radius 2 is 1.75 bits per heavy atom. The number of rotatable bonds is 2. The average molecular weight is 275 g/mol. The minimum absolute atomic E-state index is 0.0564. The molecule has 0 amide bonds. The third-order valence-corrected chi connectivity index (χ3v) is 4.65. The third-order valence-electron chi connectivity index (χ3n) is 4.65. The van der Waals surface area contributed by atoms with Gasteiger partial charge < -0.3 is 9.47 Å². The zero-order valence-electron chi connectivity index (χ0n) is 12.3. The molecule has 4 nitrogen and oxygen atoms in total. The highest BCUT2D eigenvalue weighted by atomic mass is 16.5. The van der Waals surface area contributed by atoms with Crippen LogP contribution in [0.5, 0.6) is 11.5 Å². The molecule has 0 bridgehead atoms. The molecule has 2 aliphatic rings. The number of ether oxygens (including phenoxy) is 2. The van der Waals surface area contributed by atoms with Crippen LogP contribution >= 0.6 is 0 Å². The molecule has 2 aliphatic heterocycles. The van der Waals surface area contributed by atoms with Gasteiger partial charge in [0.2, 0.25) is 0 Å². The fourth-order valence-corrected chi connectivity index (χ4v) is 3.52. The smallest absolute Gasteiger partial charge is 0.161 e. The Morgan fingerprint density at radius 3 is 2.45 bits per heavy atom. The molecule has 0 saturated carbocycles. The second-order valence-corrected chi connectivity index (χ2v) is 5.64. The molecule has 0 aromatic heterocycles. The molecule has 0 radical (unpaired) electrons. The zero-order valence-corrected chi connectivity index (χ0v) is 12.3. The van der Waals surface area contributed by atoms with E-state index in [1.54, 1.807) is 14.2 Å². The van der Waals surface area contributed by atoms with Crippen LogP contribution in [-0.4, -0.2) is 38.0 Å². The lowest BCUT2D eigenvalue weighted by molar-refractivity contribution is -0.128. The Labute approximate surface area is 119 Å². The van der Waals surface area contributed by atoms with E-state index in [1.165, 1.54) is 11.1 Å². The van der Waals surface area contributed by atoms with Crippen LogP contribution < -0.4 is 9.47 Å². The summed E-state index contributed by atoms with van der Waals surface area (Å²) < 4.78 is 10.8. The molecule has 20 heavy (non-hydrogen) atoms. The highest BCUT2D eigenvalue weighted by Gasteiger charge is 2.38. The highest BCUT2D eigenvalue weighted by Crippen LogP contribution is 2.43. The molecular formula is C16H21NO3. The molecule has 1 aromatic rings. The highest BCUT2D eigenvalue weighted by molar-refractivity contribution is 5.82. The number of hydrogen-bond acceptors (Lipinski definition) is 4. The number of piperidine rings is 1. The number of methoxy groups -OCH3 is 2. The fraction of sp³-hybridized carbons (Fsp3) is 0.562. The molecule has 108 valence electrons. The van der Waals surface area contributed by atoms with Crippen LogP contribution in [0.15, 0.2) is 12.1 Å². The van der Waals surface area contributed by atoms with Gasteiger partial charge >= 0.3 is 0 Å². The molecule has 1 aromatic carbocycles. The normalized spacial score (nSPS) is 25.9. The lowest BCUT2D eigenvalue weighted by Gasteiger charge is -2.43. The molecule has 0 N–H and O–H groups in total. The Balaban J connectivity index is 2.07. The predicted octanol–water partition coefficient (Wildman–Crippen LogP) is 2.21. The van der Waals surface area contributed by atoms with E-state index in [0.717, 1.165) is 31.0 Å². The zero-order chi connectivity index (χ0) is 14.3. The minimum Gasteiger partial charge on any atom is -0.493 e. The number of carbonyl (C=O) groups is 1. The van der Waals surface area contributed by atoms with Gasteiger partial charge in [-0.2, -0.15) is 0 Å². The Hall–Kier alpha value is -1.55. The third kappa shape index (κ3) is 1.99. The predicted molar refractivity (Wildman–Crippen MR) is 76.4 cm³/mol. The van der Waals surface area contributed by atoms with Gasteiger partial charge in [-0.15, -0.1) is 0 Å². The van der Waals surface area contributed by atoms with E-state index in [2.05, 4.69) is 17.0 Å². The fourth-order valence-electron chi connectivity index (χ4n) is 3.52. The van der Waals surface area contributed by atoms with E-state index >= 15 is 0 Å². The first-order valence-corrected chi connectivity index (χ1v) is 7.17. The van der Waals surface area contributed by atoms with Crippen molar-refractivity contribution in [1.82, 2.24) is 4.90 Å². The van der Waals surface area contributed by atoms with Gasteiger partial charge in [-0.25, -0.2) is 0 Å². The number of fused-ring (bicyclic) bond motifs is 3. The maximum atomic E-state index is 12.1. The number of hydrogen-bond donors (Lipinski definition) is 0. The van der Waals surface area contributed by atoms with Gasteiger partial charge in [0, 0.05) is 31.5 Å². The summed E-state index contributed by atoms with van der Waals surface area (Å²) in [6.07, 6.45) is 1.69. The van der Waals surface area contributed by atoms with Crippen molar-refractivity contribution in [1.29, 1.82) is 0 Å². The van der Waals surface area contributed by atoms with Crippen molar-refractivity contribution in [2.24, 2.45) is 5.92 Å². The second-order valence-electron chi connectivity index (χ2n) is 5.64. The maximum absolute atomic E-state index is 12.1. The van der Waals surface area contributed by atoms with Gasteiger partial charge in [-0.1, -0.05) is 6.92 Å². The lowest BCUT2D eigenvalue weighted by atomic mass is 9.80. The molecule has 0 spiro atoms. The summed E-state index contributed by atoms with van der Waals surface area (Å²) in [4.78, 5) is 14.5. The first-order chi connectivity index (χ1) is 9.65. The van der Waals surface area contributed by atoms with Crippen molar-refractivity contribution < 1.29 is 14.3 Å². The van der Waals surface area contributed by atoms with E-state index in [1.807, 2.05) is 6.92 Å². The van der Waals surface area contributed by atoms with Gasteiger partial charge in [-0.3, -0.25) is 9.69 Å². The van der Waals surface area contributed by atoms with Crippen molar-refractivity contribution in [3.05, 3.63) is 23.3 Å². The Kier molecular flexibility index (Phi) is 3.42. The van der Waals surface area contributed by atoms with Crippen LogP contribution in [-0.2, 0) is 11.2 Å². The lowest BCUT2D eigenvalue weighted by Crippen LogP contribution is -2.46. The SMILES string of the molecule is COc1cc2c(cc1OC)[C@@H]1[C@@H](C)C(=O)CCN1CC2. The quantitative estimate of drug-likeness (QED) is 0.829. The summed E-state index contributed by atoms with van der Waals surface area (Å²) >= 11 is 0. The molecule has 0 aliphatic carbocycles. The summed E-state index contributed by atoms with van der Waals surface area (Å²) in [5, 5.41) is 0. The first-order valence-electron chi connectivity index (χ1n) is 7.17. The topological polar surface area (TPSA) is 38.8 Å². The van der Waals surface area contributed by atoms with Crippen molar-refractivity contribution >= 4 is 5.78 Å². The van der Waals surface area contributed by atoms with Crippen molar-refractivity contribution in [2.45, 2.75) is 25.8 Å². The van der Waals surface area contributed by atoms with E-state index in [9.17, 15) is 4.79 Å². The maximum Gasteiger partial charge on any atom is 0.161 e. The second kappa shape index (κ2) is 5.09. The Bertz CT molecular complexity index is 541. The molecule has 2 atom stereocenters. The number of Topliss-reactive ketones (excluding diaryl/α,β-unsaturated/α-hetero) is 1. The molecular weight excluding hydrogens is 254 g/mol. The van der Waals surface area contributed by atoms with Gasteiger partial charge in [-0.05, 0) is 29.7 Å². The van der Waals surface area contributed by atoms with Crippen LogP contribution in [0.3, 0.4) is 0 Å². The number of carbonyl (C=O) groups excluding carboxylic acids is 1. The van der Waals surface area contributed by atoms with Gasteiger partial charge in [0.25, 0.3) is 0 Å². The molecule has 1 saturated heterocycles. The molecule has 0 unspecified atom stereocenters. The number of ketones is 1. The summed E-state index contributed by atoms with van der Waals surface area (Å²) in [6.45, 7) is 3.94. The summed E-state index contributed by atoms with van der Waals surface area (Å²) in [5.74, 6) is 1.95. The van der Waals surface area contributed by atoms with Crippen molar-refractivity contribution in [2.75, 3.05) is 27.3 Å². The van der Waals surface area contributed by atoms with Gasteiger partial charge in [0.05, 0.1) is 14.2 Å². The van der Waals surface area contributed by atoms with Crippen molar-refractivity contribution in [3.63, 3.8) is 0 Å². The number of nitrogens with zero attached hydrogens (tertiary/aromatic N) is 1. The van der Waals surface area contributed by atoms with Crippen LogP contribution in [0, 0.1) is 5.92 Å². The number of benzene rings is 1. The standard InChI is InChI=1S/C16H21NO3/c1-10-13(18)5-7-17-6-4-11-8-14(19-2)15(20-3)9-12(11)16(10)17/h8-10,16H,4-7H2,1-3H3/t10-,16-/m0/s1. The van der Waals surface area contributed by atoms with Crippen LogP contribution in [0.25, 0.3) is 0 Å². The molecule has 4 heteroatoms. The monoisotopic (exact) mass is 275 g/mol. The van der Waals surface area contributed by atoms with Gasteiger partial charge in [0.15, 0.2) is 11.5 Å². The van der Waals surface area contributed by atoms with E-state index < -0.39 is 0 Å². The molecule has 3 rings (SSSR count). The van der Waals surface area contributed by atoms with Gasteiger partial charge in [0.1, 0.15) is 5.78 Å². The molecule has 1 fully saturated rings. The first kappa shape index (κ1) is 13.4. The minimum atomic E-state index is 0.0564. The summed E-state index contributed by atoms with van der Waals surface area (Å²) in [5.41, 5.74) is 2.51. The van der Waals surface area contributed by atoms with E-state index in [4.69, 9.17) is 9.47 Å².